The second kappa shape index (κ2) is 9.11. The van der Waals surface area contributed by atoms with E-state index in [0.29, 0.717) is 18.8 Å². The average Bonchev–Trinajstić information content (AvgIpc) is 3.22. The summed E-state index contributed by atoms with van der Waals surface area (Å²) in [4.78, 5) is 25.1. The van der Waals surface area contributed by atoms with Crippen molar-refractivity contribution in [2.45, 2.75) is 6.54 Å². The number of hydrogen-bond donors (Lipinski definition) is 0. The molecule has 0 spiro atoms. The van der Waals surface area contributed by atoms with Gasteiger partial charge < -0.3 is 9.64 Å². The van der Waals surface area contributed by atoms with Crippen molar-refractivity contribution in [3.8, 4) is 17.0 Å². The van der Waals surface area contributed by atoms with E-state index in [1.54, 1.807) is 48.0 Å². The third kappa shape index (κ3) is 5.16. The predicted octanol–water partition coefficient (Wildman–Crippen LogP) is 3.07. The number of aromatic nitrogens is 2. The van der Waals surface area contributed by atoms with E-state index >= 15 is 0 Å². The zero-order chi connectivity index (χ0) is 20.1. The van der Waals surface area contributed by atoms with Crippen molar-refractivity contribution in [1.82, 2.24) is 19.8 Å². The second-order valence-electron chi connectivity index (χ2n) is 6.77. The molecule has 29 heavy (non-hydrogen) atoms. The van der Waals surface area contributed by atoms with Gasteiger partial charge in [0.15, 0.2) is 6.61 Å². The average molecular weight is 412 g/mol. The Kier molecular flexibility index (Phi) is 6.12. The number of halogens is 1. The number of pyridine rings is 1. The van der Waals surface area contributed by atoms with Gasteiger partial charge >= 0.3 is 0 Å². The third-order valence-corrected chi connectivity index (χ3v) is 5.61. The molecule has 3 aromatic rings. The highest BCUT2D eigenvalue weighted by atomic mass is 32.1. The first-order valence-corrected chi connectivity index (χ1v) is 10.3. The summed E-state index contributed by atoms with van der Waals surface area (Å²) in [5, 5.41) is 3.02. The highest BCUT2D eigenvalue weighted by Gasteiger charge is 2.22. The molecule has 0 atom stereocenters. The lowest BCUT2D eigenvalue weighted by Crippen LogP contribution is -2.49. The molecule has 0 saturated carbocycles. The molecule has 8 heteroatoms. The third-order valence-electron chi connectivity index (χ3n) is 4.77. The highest BCUT2D eigenvalue weighted by Crippen LogP contribution is 2.23. The molecule has 3 heterocycles. The fourth-order valence-corrected chi connectivity index (χ4v) is 4.00. The van der Waals surface area contributed by atoms with Crippen LogP contribution in [0.15, 0.2) is 54.2 Å². The molecule has 0 unspecified atom stereocenters. The molecule has 1 aliphatic heterocycles. The van der Waals surface area contributed by atoms with Crippen molar-refractivity contribution in [2.24, 2.45) is 0 Å². The molecule has 1 aliphatic rings. The zero-order valence-electron chi connectivity index (χ0n) is 15.8. The van der Waals surface area contributed by atoms with E-state index in [0.717, 1.165) is 35.9 Å². The molecule has 0 bridgehead atoms. The lowest BCUT2D eigenvalue weighted by molar-refractivity contribution is -0.135. The van der Waals surface area contributed by atoms with Gasteiger partial charge in [-0.1, -0.05) is 0 Å². The summed E-state index contributed by atoms with van der Waals surface area (Å²) >= 11 is 1.60. The Labute approximate surface area is 172 Å². The van der Waals surface area contributed by atoms with Gasteiger partial charge in [-0.15, -0.1) is 11.3 Å². The van der Waals surface area contributed by atoms with Gasteiger partial charge in [-0.05, 0) is 36.4 Å². The number of nitrogens with zero attached hydrogens (tertiary/aromatic N) is 4. The Balaban J connectivity index is 1.25. The number of carbonyl (C=O) groups excluding carboxylic acids is 1. The Morgan fingerprint density at radius 2 is 1.93 bits per heavy atom. The van der Waals surface area contributed by atoms with Gasteiger partial charge in [0, 0.05) is 43.3 Å². The van der Waals surface area contributed by atoms with Crippen molar-refractivity contribution in [3.63, 3.8) is 0 Å². The normalized spacial score (nSPS) is 14.7. The second-order valence-corrected chi connectivity index (χ2v) is 7.71. The van der Waals surface area contributed by atoms with Crippen LogP contribution in [0.4, 0.5) is 4.39 Å². The van der Waals surface area contributed by atoms with Gasteiger partial charge in [0.1, 0.15) is 16.6 Å². The smallest absolute Gasteiger partial charge is 0.260 e. The molecule has 2 aromatic heterocycles. The molecule has 150 valence electrons. The SMILES string of the molecule is O=C(COc1cccnc1)N1CCN(Cc2nc(-c3ccc(F)cc3)cs2)CC1. The summed E-state index contributed by atoms with van der Waals surface area (Å²) in [6.45, 7) is 3.71. The first kappa shape index (κ1) is 19.5. The minimum atomic E-state index is -0.248. The van der Waals surface area contributed by atoms with Crippen molar-refractivity contribution >= 4 is 17.2 Å². The highest BCUT2D eigenvalue weighted by molar-refractivity contribution is 7.09. The van der Waals surface area contributed by atoms with Gasteiger partial charge in [-0.2, -0.15) is 0 Å². The monoisotopic (exact) mass is 412 g/mol. The molecule has 1 saturated heterocycles. The maximum Gasteiger partial charge on any atom is 0.260 e. The van der Waals surface area contributed by atoms with Crippen LogP contribution in [0.1, 0.15) is 5.01 Å². The molecule has 1 fully saturated rings. The van der Waals surface area contributed by atoms with Crippen LogP contribution >= 0.6 is 11.3 Å². The van der Waals surface area contributed by atoms with Gasteiger partial charge in [-0.25, -0.2) is 9.37 Å². The van der Waals surface area contributed by atoms with Gasteiger partial charge in [0.2, 0.25) is 0 Å². The summed E-state index contributed by atoms with van der Waals surface area (Å²) in [6, 6.07) is 9.94. The lowest BCUT2D eigenvalue weighted by Gasteiger charge is -2.34. The number of piperazine rings is 1. The molecule has 6 nitrogen and oxygen atoms in total. The quantitative estimate of drug-likeness (QED) is 0.623. The number of hydrogen-bond acceptors (Lipinski definition) is 6. The maximum absolute atomic E-state index is 13.1. The summed E-state index contributed by atoms with van der Waals surface area (Å²) in [6.07, 6.45) is 3.26. The molecular formula is C21H21FN4O2S. The molecular weight excluding hydrogens is 391 g/mol. The van der Waals surface area contributed by atoms with Crippen molar-refractivity contribution in [3.05, 3.63) is 65.0 Å². The number of thiazole rings is 1. The van der Waals surface area contributed by atoms with E-state index in [4.69, 9.17) is 4.74 Å². The number of amides is 1. The maximum atomic E-state index is 13.1. The number of carbonyl (C=O) groups is 1. The fraction of sp³-hybridized carbons (Fsp3) is 0.286. The molecule has 4 rings (SSSR count). The van der Waals surface area contributed by atoms with Gasteiger partial charge in [0.05, 0.1) is 18.4 Å². The zero-order valence-corrected chi connectivity index (χ0v) is 16.6. The van der Waals surface area contributed by atoms with Crippen LogP contribution < -0.4 is 4.74 Å². The van der Waals surface area contributed by atoms with Crippen LogP contribution in [0.3, 0.4) is 0 Å². The molecule has 0 N–H and O–H groups in total. The topological polar surface area (TPSA) is 58.6 Å². The largest absolute Gasteiger partial charge is 0.482 e. The number of rotatable bonds is 6. The van der Waals surface area contributed by atoms with E-state index in [9.17, 15) is 9.18 Å². The summed E-state index contributed by atoms with van der Waals surface area (Å²) < 4.78 is 18.6. The molecule has 1 aromatic carbocycles. The Hall–Kier alpha value is -2.84. The van der Waals surface area contributed by atoms with Gasteiger partial charge in [-0.3, -0.25) is 14.7 Å². The van der Waals surface area contributed by atoms with E-state index in [-0.39, 0.29) is 18.3 Å². The molecule has 0 aliphatic carbocycles. The Morgan fingerprint density at radius 1 is 1.14 bits per heavy atom. The fourth-order valence-electron chi connectivity index (χ4n) is 3.15. The van der Waals surface area contributed by atoms with E-state index in [1.165, 1.54) is 12.1 Å². The first-order valence-electron chi connectivity index (χ1n) is 9.41. The van der Waals surface area contributed by atoms with Crippen LogP contribution in [-0.2, 0) is 11.3 Å². The van der Waals surface area contributed by atoms with Crippen LogP contribution in [-0.4, -0.2) is 58.5 Å². The first-order chi connectivity index (χ1) is 14.2. The van der Waals surface area contributed by atoms with E-state index < -0.39 is 0 Å². The van der Waals surface area contributed by atoms with Crippen molar-refractivity contribution in [2.75, 3.05) is 32.8 Å². The minimum Gasteiger partial charge on any atom is -0.482 e. The molecule has 1 amide bonds. The van der Waals surface area contributed by atoms with Crippen molar-refractivity contribution in [1.29, 1.82) is 0 Å². The summed E-state index contributed by atoms with van der Waals surface area (Å²) in [5.41, 5.74) is 1.78. The standard InChI is InChI=1S/C21H21FN4O2S/c22-17-5-3-16(4-6-17)19-15-29-20(24-19)13-25-8-10-26(11-9-25)21(27)14-28-18-2-1-7-23-12-18/h1-7,12,15H,8-11,13-14H2. The summed E-state index contributed by atoms with van der Waals surface area (Å²) in [7, 11) is 0. The van der Waals surface area contributed by atoms with Crippen LogP contribution in [0, 0.1) is 5.82 Å². The van der Waals surface area contributed by atoms with Gasteiger partial charge in [0.25, 0.3) is 5.91 Å². The molecule has 0 radical (unpaired) electrons. The lowest BCUT2D eigenvalue weighted by atomic mass is 10.2. The number of benzene rings is 1. The Morgan fingerprint density at radius 3 is 2.66 bits per heavy atom. The minimum absolute atomic E-state index is 0.0126. The summed E-state index contributed by atoms with van der Waals surface area (Å²) in [5.74, 6) is 0.337. The van der Waals surface area contributed by atoms with Crippen LogP contribution in [0.5, 0.6) is 5.75 Å². The number of ether oxygens (including phenoxy) is 1. The van der Waals surface area contributed by atoms with Crippen LogP contribution in [0.2, 0.25) is 0 Å². The van der Waals surface area contributed by atoms with Crippen LogP contribution in [0.25, 0.3) is 11.3 Å². The predicted molar refractivity (Wildman–Crippen MR) is 109 cm³/mol. The van der Waals surface area contributed by atoms with E-state index in [2.05, 4.69) is 14.9 Å². The van der Waals surface area contributed by atoms with Crippen molar-refractivity contribution < 1.29 is 13.9 Å². The Bertz CT molecular complexity index is 941. The van der Waals surface area contributed by atoms with E-state index in [1.807, 2.05) is 10.3 Å².